The molecule has 0 saturated carbocycles. The first-order valence-corrected chi connectivity index (χ1v) is 9.88. The number of hydrogen-bond donors (Lipinski definition) is 2. The Morgan fingerprint density at radius 1 is 0.833 bits per heavy atom. The molecule has 146 valence electrons. The van der Waals surface area contributed by atoms with Crippen LogP contribution in [0.3, 0.4) is 0 Å². The van der Waals surface area contributed by atoms with Crippen LogP contribution >= 0.6 is 0 Å². The van der Waals surface area contributed by atoms with Gasteiger partial charge in [-0.2, -0.15) is 0 Å². The van der Waals surface area contributed by atoms with Gasteiger partial charge in [0.2, 0.25) is 0 Å². The van der Waals surface area contributed by atoms with E-state index in [2.05, 4.69) is 41.5 Å². The molecule has 3 heteroatoms. The molecule has 0 fully saturated rings. The molecule has 0 radical (unpaired) electrons. The Hall–Kier alpha value is -0.120. The maximum absolute atomic E-state index is 10.2. The number of unbranched alkanes of at least 4 members (excludes halogenated alkanes) is 2. The van der Waals surface area contributed by atoms with Crippen molar-refractivity contribution in [1.29, 1.82) is 0 Å². The number of aliphatic hydroxyl groups excluding tert-OH is 2. The standard InChI is InChI=1S/C21H44O3/c1-17(16-22)20(3,4)14-10-8-12-19(23)13-9-11-15-21(5,6)18(2)24-7/h17-19,22-23H,8-16H2,1-7H3. The van der Waals surface area contributed by atoms with Crippen LogP contribution in [-0.4, -0.2) is 36.1 Å². The Kier molecular flexibility index (Phi) is 11.4. The molecule has 0 aliphatic carbocycles. The molecule has 2 N–H and O–H groups in total. The van der Waals surface area contributed by atoms with Crippen molar-refractivity contribution in [2.24, 2.45) is 16.7 Å². The van der Waals surface area contributed by atoms with Crippen LogP contribution < -0.4 is 0 Å². The van der Waals surface area contributed by atoms with Crippen LogP contribution in [0.15, 0.2) is 0 Å². The normalized spacial score (nSPS) is 16.9. The lowest BCUT2D eigenvalue weighted by molar-refractivity contribution is 0.0142. The molecule has 0 heterocycles. The first kappa shape index (κ1) is 23.9. The lowest BCUT2D eigenvalue weighted by Crippen LogP contribution is -2.28. The quantitative estimate of drug-likeness (QED) is 0.427. The van der Waals surface area contributed by atoms with Gasteiger partial charge < -0.3 is 14.9 Å². The van der Waals surface area contributed by atoms with Crippen molar-refractivity contribution in [2.45, 2.75) is 105 Å². The van der Waals surface area contributed by atoms with E-state index in [1.54, 1.807) is 7.11 Å². The van der Waals surface area contributed by atoms with Crippen LogP contribution in [0.1, 0.15) is 92.9 Å². The zero-order valence-corrected chi connectivity index (χ0v) is 17.4. The molecule has 0 rings (SSSR count). The summed E-state index contributed by atoms with van der Waals surface area (Å²) in [6.07, 6.45) is 8.63. The largest absolute Gasteiger partial charge is 0.396 e. The fraction of sp³-hybridized carbons (Fsp3) is 1.00. The maximum atomic E-state index is 10.2. The summed E-state index contributed by atoms with van der Waals surface area (Å²) in [6.45, 7) is 13.5. The lowest BCUT2D eigenvalue weighted by Gasteiger charge is -2.31. The summed E-state index contributed by atoms with van der Waals surface area (Å²) in [4.78, 5) is 0. The number of aliphatic hydroxyl groups is 2. The van der Waals surface area contributed by atoms with Gasteiger partial charge in [0.1, 0.15) is 0 Å². The minimum absolute atomic E-state index is 0.161. The fourth-order valence-electron chi connectivity index (χ4n) is 3.08. The molecule has 3 nitrogen and oxygen atoms in total. The monoisotopic (exact) mass is 344 g/mol. The van der Waals surface area contributed by atoms with E-state index in [0.717, 1.165) is 51.4 Å². The molecule has 3 unspecified atom stereocenters. The van der Waals surface area contributed by atoms with Gasteiger partial charge in [0.05, 0.1) is 12.2 Å². The van der Waals surface area contributed by atoms with Gasteiger partial charge in [0.25, 0.3) is 0 Å². The van der Waals surface area contributed by atoms with E-state index >= 15 is 0 Å². The van der Waals surface area contributed by atoms with E-state index in [4.69, 9.17) is 4.74 Å². The van der Waals surface area contributed by atoms with Gasteiger partial charge >= 0.3 is 0 Å². The van der Waals surface area contributed by atoms with E-state index in [9.17, 15) is 10.2 Å². The number of rotatable bonds is 14. The van der Waals surface area contributed by atoms with Crippen LogP contribution in [-0.2, 0) is 4.74 Å². The number of methoxy groups -OCH3 is 1. The molecule has 0 spiro atoms. The van der Waals surface area contributed by atoms with Gasteiger partial charge in [-0.05, 0) is 49.4 Å². The third-order valence-corrected chi connectivity index (χ3v) is 6.28. The summed E-state index contributed by atoms with van der Waals surface area (Å²) in [5.74, 6) is 0.334. The predicted molar refractivity (Wildman–Crippen MR) is 103 cm³/mol. The van der Waals surface area contributed by atoms with Crippen molar-refractivity contribution in [1.82, 2.24) is 0 Å². The molecule has 0 amide bonds. The minimum atomic E-state index is -0.161. The van der Waals surface area contributed by atoms with Crippen LogP contribution in [0.5, 0.6) is 0 Å². The van der Waals surface area contributed by atoms with Gasteiger partial charge in [-0.15, -0.1) is 0 Å². The van der Waals surface area contributed by atoms with Gasteiger partial charge in [0, 0.05) is 13.7 Å². The molecule has 24 heavy (non-hydrogen) atoms. The van der Waals surface area contributed by atoms with Gasteiger partial charge in [-0.3, -0.25) is 0 Å². The summed E-state index contributed by atoms with van der Waals surface area (Å²) in [5.41, 5.74) is 0.387. The lowest BCUT2D eigenvalue weighted by atomic mass is 9.76. The van der Waals surface area contributed by atoms with Crippen LogP contribution in [0, 0.1) is 16.7 Å². The first-order chi connectivity index (χ1) is 11.1. The SMILES string of the molecule is COC(C)C(C)(C)CCCCC(O)CCCCC(C)(C)C(C)CO. The maximum Gasteiger partial charge on any atom is 0.0594 e. The molecule has 0 aliphatic rings. The average molecular weight is 345 g/mol. The number of ether oxygens (including phenoxy) is 1. The summed E-state index contributed by atoms with van der Waals surface area (Å²) in [6, 6.07) is 0. The highest BCUT2D eigenvalue weighted by atomic mass is 16.5. The van der Waals surface area contributed by atoms with E-state index in [1.165, 1.54) is 0 Å². The Morgan fingerprint density at radius 3 is 1.71 bits per heavy atom. The van der Waals surface area contributed by atoms with Crippen molar-refractivity contribution in [3.63, 3.8) is 0 Å². The van der Waals surface area contributed by atoms with Crippen LogP contribution in [0.4, 0.5) is 0 Å². The van der Waals surface area contributed by atoms with Crippen molar-refractivity contribution >= 4 is 0 Å². The highest BCUT2D eigenvalue weighted by Gasteiger charge is 2.25. The molecule has 0 aliphatic heterocycles. The average Bonchev–Trinajstić information content (AvgIpc) is 2.53. The summed E-state index contributed by atoms with van der Waals surface area (Å²) in [5, 5.41) is 19.4. The zero-order valence-electron chi connectivity index (χ0n) is 17.4. The topological polar surface area (TPSA) is 49.7 Å². The minimum Gasteiger partial charge on any atom is -0.396 e. The smallest absolute Gasteiger partial charge is 0.0594 e. The zero-order chi connectivity index (χ0) is 18.8. The first-order valence-electron chi connectivity index (χ1n) is 9.88. The molecule has 0 aromatic carbocycles. The number of hydrogen-bond acceptors (Lipinski definition) is 3. The highest BCUT2D eigenvalue weighted by Crippen LogP contribution is 2.32. The molecular weight excluding hydrogens is 300 g/mol. The van der Waals surface area contributed by atoms with Gasteiger partial charge in [0.15, 0.2) is 0 Å². The van der Waals surface area contributed by atoms with Gasteiger partial charge in [-0.1, -0.05) is 60.3 Å². The van der Waals surface area contributed by atoms with E-state index in [-0.39, 0.29) is 29.6 Å². The Labute approximate surface area is 151 Å². The predicted octanol–water partition coefficient (Wildman–Crippen LogP) is 5.18. The summed E-state index contributed by atoms with van der Waals surface area (Å²) < 4.78 is 5.45. The molecule has 0 aromatic heterocycles. The second-order valence-electron chi connectivity index (χ2n) is 9.08. The fourth-order valence-corrected chi connectivity index (χ4v) is 3.08. The molecule has 0 bridgehead atoms. The van der Waals surface area contributed by atoms with Crippen LogP contribution in [0.2, 0.25) is 0 Å². The van der Waals surface area contributed by atoms with Gasteiger partial charge in [-0.25, -0.2) is 0 Å². The summed E-state index contributed by atoms with van der Waals surface area (Å²) in [7, 11) is 1.78. The Balaban J connectivity index is 3.80. The summed E-state index contributed by atoms with van der Waals surface area (Å²) >= 11 is 0. The van der Waals surface area contributed by atoms with Crippen molar-refractivity contribution in [2.75, 3.05) is 13.7 Å². The van der Waals surface area contributed by atoms with Crippen molar-refractivity contribution < 1.29 is 14.9 Å². The molecule has 0 aromatic rings. The van der Waals surface area contributed by atoms with Crippen molar-refractivity contribution in [3.05, 3.63) is 0 Å². The molecule has 3 atom stereocenters. The van der Waals surface area contributed by atoms with E-state index < -0.39 is 0 Å². The van der Waals surface area contributed by atoms with Crippen molar-refractivity contribution in [3.8, 4) is 0 Å². The Morgan fingerprint density at radius 2 is 1.29 bits per heavy atom. The van der Waals surface area contributed by atoms with E-state index in [1.807, 2.05) is 0 Å². The second kappa shape index (κ2) is 11.5. The molecular formula is C21H44O3. The van der Waals surface area contributed by atoms with Crippen LogP contribution in [0.25, 0.3) is 0 Å². The highest BCUT2D eigenvalue weighted by molar-refractivity contribution is 4.76. The second-order valence-corrected chi connectivity index (χ2v) is 9.08. The third-order valence-electron chi connectivity index (χ3n) is 6.28. The molecule has 0 saturated heterocycles. The third kappa shape index (κ3) is 9.39. The van der Waals surface area contributed by atoms with E-state index in [0.29, 0.717) is 5.92 Å². The Bertz CT molecular complexity index is 282.